The van der Waals surface area contributed by atoms with E-state index >= 15 is 0 Å². The third-order valence-electron chi connectivity index (χ3n) is 3.82. The maximum absolute atomic E-state index is 12.5. The van der Waals surface area contributed by atoms with Crippen molar-refractivity contribution in [1.82, 2.24) is 10.6 Å². The molecule has 0 fully saturated rings. The van der Waals surface area contributed by atoms with E-state index in [2.05, 4.69) is 10.6 Å². The number of amides is 2. The second-order valence-electron chi connectivity index (χ2n) is 5.47. The van der Waals surface area contributed by atoms with Gasteiger partial charge in [-0.05, 0) is 38.0 Å². The zero-order chi connectivity index (χ0) is 17.0. The van der Waals surface area contributed by atoms with Gasteiger partial charge in [0, 0.05) is 5.70 Å². The number of benzene rings is 1. The van der Waals surface area contributed by atoms with E-state index in [1.165, 1.54) is 0 Å². The Balaban J connectivity index is 2.35. The average molecular weight is 318 g/mol. The molecule has 23 heavy (non-hydrogen) atoms. The van der Waals surface area contributed by atoms with Crippen molar-refractivity contribution >= 4 is 12.0 Å². The first-order valence-electron chi connectivity index (χ1n) is 7.59. The van der Waals surface area contributed by atoms with Crippen molar-refractivity contribution in [1.29, 1.82) is 0 Å². The van der Waals surface area contributed by atoms with Crippen molar-refractivity contribution in [3.63, 3.8) is 0 Å². The zero-order valence-electron chi connectivity index (χ0n) is 13.8. The van der Waals surface area contributed by atoms with Crippen molar-refractivity contribution < 1.29 is 19.1 Å². The second-order valence-corrected chi connectivity index (χ2v) is 5.47. The van der Waals surface area contributed by atoms with E-state index in [1.54, 1.807) is 26.2 Å². The average Bonchev–Trinajstić information content (AvgIpc) is 2.53. The molecular weight excluding hydrogens is 296 g/mol. The van der Waals surface area contributed by atoms with Crippen LogP contribution in [0.15, 0.2) is 35.5 Å². The maximum Gasteiger partial charge on any atom is 0.338 e. The minimum Gasteiger partial charge on any atom is -0.497 e. The molecule has 0 bridgehead atoms. The zero-order valence-corrected chi connectivity index (χ0v) is 13.8. The van der Waals surface area contributed by atoms with Crippen molar-refractivity contribution in [2.75, 3.05) is 7.11 Å². The highest BCUT2D eigenvalue weighted by Gasteiger charge is 2.32. The van der Waals surface area contributed by atoms with Gasteiger partial charge in [0.25, 0.3) is 0 Å². The summed E-state index contributed by atoms with van der Waals surface area (Å²) < 4.78 is 10.6. The number of nitrogens with one attached hydrogen (secondary N) is 2. The van der Waals surface area contributed by atoms with Crippen molar-refractivity contribution in [3.05, 3.63) is 41.1 Å². The molecule has 2 N–H and O–H groups in total. The van der Waals surface area contributed by atoms with Crippen molar-refractivity contribution in [3.8, 4) is 5.75 Å². The molecule has 0 radical (unpaired) electrons. The molecule has 2 rings (SSSR count). The van der Waals surface area contributed by atoms with E-state index in [4.69, 9.17) is 9.47 Å². The van der Waals surface area contributed by atoms with Gasteiger partial charge in [-0.2, -0.15) is 0 Å². The van der Waals surface area contributed by atoms with Gasteiger partial charge in [-0.3, -0.25) is 0 Å². The smallest absolute Gasteiger partial charge is 0.338 e. The van der Waals surface area contributed by atoms with Crippen LogP contribution in [0.25, 0.3) is 0 Å². The van der Waals surface area contributed by atoms with Crippen molar-refractivity contribution in [2.45, 2.75) is 39.3 Å². The van der Waals surface area contributed by atoms with Gasteiger partial charge in [0.1, 0.15) is 5.75 Å². The molecule has 6 heteroatoms. The lowest BCUT2D eigenvalue weighted by Crippen LogP contribution is -2.45. The third-order valence-corrected chi connectivity index (χ3v) is 3.82. The number of ether oxygens (including phenoxy) is 2. The minimum atomic E-state index is -0.550. The molecule has 0 aromatic heterocycles. The Labute approximate surface area is 135 Å². The molecule has 1 aromatic carbocycles. The first-order valence-corrected chi connectivity index (χ1v) is 7.59. The van der Waals surface area contributed by atoms with Crippen LogP contribution in [-0.2, 0) is 9.53 Å². The predicted molar refractivity (Wildman–Crippen MR) is 85.9 cm³/mol. The summed E-state index contributed by atoms with van der Waals surface area (Å²) in [7, 11) is 1.58. The Morgan fingerprint density at radius 2 is 1.96 bits per heavy atom. The first-order chi connectivity index (χ1) is 11.0. The number of urea groups is 1. The lowest BCUT2D eigenvalue weighted by molar-refractivity contribution is -0.144. The molecule has 2 amide bonds. The molecule has 0 saturated heterocycles. The first kappa shape index (κ1) is 16.9. The second kappa shape index (κ2) is 7.17. The summed E-state index contributed by atoms with van der Waals surface area (Å²) in [5.74, 6) is 0.281. The largest absolute Gasteiger partial charge is 0.497 e. The van der Waals surface area contributed by atoms with Crippen molar-refractivity contribution in [2.24, 2.45) is 0 Å². The molecule has 2 atom stereocenters. The molecule has 0 spiro atoms. The molecule has 1 heterocycles. The lowest BCUT2D eigenvalue weighted by Gasteiger charge is -2.28. The van der Waals surface area contributed by atoms with Gasteiger partial charge in [0.05, 0.1) is 24.8 Å². The summed E-state index contributed by atoms with van der Waals surface area (Å²) in [5, 5.41) is 5.40. The van der Waals surface area contributed by atoms with Crippen LogP contribution < -0.4 is 15.4 Å². The van der Waals surface area contributed by atoms with Gasteiger partial charge < -0.3 is 20.1 Å². The fourth-order valence-electron chi connectivity index (χ4n) is 2.34. The van der Waals surface area contributed by atoms with Gasteiger partial charge in [-0.25, -0.2) is 9.59 Å². The molecule has 0 saturated carbocycles. The maximum atomic E-state index is 12.5. The Morgan fingerprint density at radius 3 is 2.52 bits per heavy atom. The Hall–Kier alpha value is -2.50. The Kier molecular flexibility index (Phi) is 5.26. The van der Waals surface area contributed by atoms with Crippen LogP contribution in [0.4, 0.5) is 4.79 Å². The van der Waals surface area contributed by atoms with E-state index < -0.39 is 12.0 Å². The van der Waals surface area contributed by atoms with Crippen LogP contribution >= 0.6 is 0 Å². The topological polar surface area (TPSA) is 76.7 Å². The fraction of sp³-hybridized carbons (Fsp3) is 0.412. The van der Waals surface area contributed by atoms with Crippen LogP contribution in [0.5, 0.6) is 5.75 Å². The van der Waals surface area contributed by atoms with E-state index in [-0.39, 0.29) is 12.1 Å². The number of carbonyl (C=O) groups excluding carboxylic acids is 2. The van der Waals surface area contributed by atoms with E-state index in [9.17, 15) is 9.59 Å². The predicted octanol–water partition coefficient (Wildman–Crippen LogP) is 2.66. The van der Waals surface area contributed by atoms with Crippen LogP contribution in [0.2, 0.25) is 0 Å². The molecule has 1 aromatic rings. The molecule has 6 nitrogen and oxygen atoms in total. The van der Waals surface area contributed by atoms with Gasteiger partial charge in [-0.1, -0.05) is 19.1 Å². The van der Waals surface area contributed by atoms with Crippen LogP contribution in [0, 0.1) is 0 Å². The molecule has 1 aliphatic rings. The van der Waals surface area contributed by atoms with Gasteiger partial charge >= 0.3 is 12.0 Å². The summed E-state index contributed by atoms with van der Waals surface area (Å²) in [6.07, 6.45) is 0.544. The summed E-state index contributed by atoms with van der Waals surface area (Å²) in [6, 6.07) is 6.32. The van der Waals surface area contributed by atoms with E-state index in [0.717, 1.165) is 12.0 Å². The number of carbonyl (C=O) groups is 2. The van der Waals surface area contributed by atoms with Crippen LogP contribution in [0.1, 0.15) is 38.8 Å². The summed E-state index contributed by atoms with van der Waals surface area (Å²) in [5.41, 5.74) is 1.70. The number of hydrogen-bond acceptors (Lipinski definition) is 4. The highest BCUT2D eigenvalue weighted by Crippen LogP contribution is 2.29. The molecule has 0 aliphatic carbocycles. The number of esters is 1. The SMILES string of the molecule is CC[C@H](C)OC(=O)C1=C(C)NC(=O)N[C@H]1c1ccc(OC)cc1. The number of methoxy groups -OCH3 is 1. The fourth-order valence-corrected chi connectivity index (χ4v) is 2.34. The summed E-state index contributed by atoms with van der Waals surface area (Å²) >= 11 is 0. The van der Waals surface area contributed by atoms with Crippen LogP contribution in [-0.4, -0.2) is 25.2 Å². The number of hydrogen-bond donors (Lipinski definition) is 2. The summed E-state index contributed by atoms with van der Waals surface area (Å²) in [6.45, 7) is 5.48. The quantitative estimate of drug-likeness (QED) is 0.818. The molecule has 0 unspecified atom stereocenters. The highest BCUT2D eigenvalue weighted by atomic mass is 16.5. The standard InChI is InChI=1S/C17H22N2O4/c1-5-10(2)23-16(20)14-11(3)18-17(21)19-15(14)12-6-8-13(22-4)9-7-12/h6-10,15H,5H2,1-4H3,(H2,18,19,21)/t10-,15-/m0/s1. The highest BCUT2D eigenvalue weighted by molar-refractivity contribution is 5.95. The van der Waals surface area contributed by atoms with Gasteiger partial charge in [0.15, 0.2) is 0 Å². The Bertz CT molecular complexity index is 622. The monoisotopic (exact) mass is 318 g/mol. The minimum absolute atomic E-state index is 0.183. The lowest BCUT2D eigenvalue weighted by atomic mass is 9.95. The normalized spacial score (nSPS) is 18.8. The number of allylic oxidation sites excluding steroid dienone is 1. The van der Waals surface area contributed by atoms with Gasteiger partial charge in [0.2, 0.25) is 0 Å². The van der Waals surface area contributed by atoms with E-state index in [1.807, 2.05) is 26.0 Å². The number of rotatable bonds is 5. The van der Waals surface area contributed by atoms with Gasteiger partial charge in [-0.15, -0.1) is 0 Å². The molecular formula is C17H22N2O4. The molecule has 1 aliphatic heterocycles. The summed E-state index contributed by atoms with van der Waals surface area (Å²) in [4.78, 5) is 24.3. The van der Waals surface area contributed by atoms with E-state index in [0.29, 0.717) is 17.0 Å². The van der Waals surface area contributed by atoms with Crippen LogP contribution in [0.3, 0.4) is 0 Å². The third kappa shape index (κ3) is 3.83. The Morgan fingerprint density at radius 1 is 1.30 bits per heavy atom. The molecule has 124 valence electrons.